The van der Waals surface area contributed by atoms with Crippen LogP contribution in [0.2, 0.25) is 0 Å². The molecule has 2 aromatic carbocycles. The van der Waals surface area contributed by atoms with Crippen LogP contribution in [-0.2, 0) is 12.8 Å². The highest BCUT2D eigenvalue weighted by Gasteiger charge is 2.38. The summed E-state index contributed by atoms with van der Waals surface area (Å²) in [6.45, 7) is 9.45. The van der Waals surface area contributed by atoms with Crippen molar-refractivity contribution in [2.75, 3.05) is 0 Å². The van der Waals surface area contributed by atoms with Crippen molar-refractivity contribution in [3.05, 3.63) is 81.9 Å². The molecule has 0 aromatic heterocycles. The van der Waals surface area contributed by atoms with E-state index in [4.69, 9.17) is 0 Å². The molecule has 0 unspecified atom stereocenters. The molecule has 0 N–H and O–H groups in total. The van der Waals surface area contributed by atoms with E-state index in [2.05, 4.69) is 76.2 Å². The van der Waals surface area contributed by atoms with Gasteiger partial charge in [-0.25, -0.2) is 0 Å². The minimum Gasteiger partial charge on any atom is -0.0642 e. The first-order valence-corrected chi connectivity index (χ1v) is 8.57. The van der Waals surface area contributed by atoms with Crippen LogP contribution in [0, 0.1) is 5.41 Å². The lowest BCUT2D eigenvalue weighted by Crippen LogP contribution is -2.17. The van der Waals surface area contributed by atoms with E-state index in [1.54, 1.807) is 11.1 Å². The summed E-state index contributed by atoms with van der Waals surface area (Å²) in [7, 11) is 0. The fourth-order valence-corrected chi connectivity index (χ4v) is 4.91. The zero-order valence-corrected chi connectivity index (χ0v) is 14.5. The highest BCUT2D eigenvalue weighted by molar-refractivity contribution is 5.93. The molecule has 0 fully saturated rings. The van der Waals surface area contributed by atoms with Gasteiger partial charge in [-0.05, 0) is 60.1 Å². The molecule has 0 saturated carbocycles. The minimum atomic E-state index is 0.0490. The predicted octanol–water partition coefficient (Wildman–Crippen LogP) is 6.07. The fourth-order valence-electron chi connectivity index (χ4n) is 4.91. The van der Waals surface area contributed by atoms with Gasteiger partial charge in [-0.2, -0.15) is 0 Å². The van der Waals surface area contributed by atoms with E-state index < -0.39 is 0 Å². The number of allylic oxidation sites excluding steroid dienone is 4. The Morgan fingerprint density at radius 3 is 1.48 bits per heavy atom. The van der Waals surface area contributed by atoms with Gasteiger partial charge in [-0.1, -0.05) is 73.5 Å². The normalized spacial score (nSPS) is 16.9. The molecule has 4 rings (SSSR count). The fraction of sp³-hybridized carbons (Fsp3) is 0.304. The largest absolute Gasteiger partial charge is 0.0642 e. The van der Waals surface area contributed by atoms with Crippen LogP contribution in [0.25, 0.3) is 11.1 Å². The number of hydrogen-bond acceptors (Lipinski definition) is 0. The van der Waals surface area contributed by atoms with Crippen molar-refractivity contribution < 1.29 is 0 Å². The van der Waals surface area contributed by atoms with Gasteiger partial charge in [0.15, 0.2) is 0 Å². The summed E-state index contributed by atoms with van der Waals surface area (Å²) in [6.07, 6.45) is 2.20. The van der Waals surface area contributed by atoms with Crippen LogP contribution in [-0.4, -0.2) is 0 Å². The molecule has 0 spiro atoms. The standard InChI is InChI=1S/C23H24/c1-15-13-17-9-5-7-11-19(17)21(15)23(3,4)22-16(2)14-18-10-6-8-12-20(18)22/h5-12H,13-14H2,1-4H3. The molecule has 116 valence electrons. The van der Waals surface area contributed by atoms with Gasteiger partial charge in [0.1, 0.15) is 0 Å². The first-order chi connectivity index (χ1) is 11.0. The smallest absolute Gasteiger partial charge is 0.0157 e. The number of fused-ring (bicyclic) bond motifs is 2. The maximum absolute atomic E-state index is 2.41. The molecular formula is C23H24. The Bertz CT molecular complexity index is 788. The van der Waals surface area contributed by atoms with Crippen LogP contribution in [0.3, 0.4) is 0 Å². The second-order valence-electron chi connectivity index (χ2n) is 7.60. The van der Waals surface area contributed by atoms with Crippen molar-refractivity contribution in [2.45, 2.75) is 40.5 Å². The van der Waals surface area contributed by atoms with Crippen molar-refractivity contribution in [3.63, 3.8) is 0 Å². The zero-order chi connectivity index (χ0) is 16.2. The average Bonchev–Trinajstić information content (AvgIpc) is 3.02. The number of benzene rings is 2. The van der Waals surface area contributed by atoms with E-state index in [9.17, 15) is 0 Å². The minimum absolute atomic E-state index is 0.0490. The summed E-state index contributed by atoms with van der Waals surface area (Å²) in [5.41, 5.74) is 12.1. The van der Waals surface area contributed by atoms with Crippen LogP contribution < -0.4 is 0 Å². The van der Waals surface area contributed by atoms with Crippen LogP contribution in [0.15, 0.2) is 59.7 Å². The molecular weight excluding hydrogens is 276 g/mol. The van der Waals surface area contributed by atoms with Crippen molar-refractivity contribution in [1.82, 2.24) is 0 Å². The Hall–Kier alpha value is -2.08. The van der Waals surface area contributed by atoms with Crippen LogP contribution in [0.1, 0.15) is 49.9 Å². The van der Waals surface area contributed by atoms with Gasteiger partial charge < -0.3 is 0 Å². The van der Waals surface area contributed by atoms with E-state index >= 15 is 0 Å². The second-order valence-corrected chi connectivity index (χ2v) is 7.60. The van der Waals surface area contributed by atoms with E-state index in [0.29, 0.717) is 0 Å². The molecule has 0 heteroatoms. The van der Waals surface area contributed by atoms with Crippen LogP contribution in [0.4, 0.5) is 0 Å². The highest BCUT2D eigenvalue weighted by atomic mass is 14.4. The van der Waals surface area contributed by atoms with E-state index in [1.165, 1.54) is 33.4 Å². The van der Waals surface area contributed by atoms with Crippen molar-refractivity contribution in [2.24, 2.45) is 5.41 Å². The molecule has 23 heavy (non-hydrogen) atoms. The first-order valence-electron chi connectivity index (χ1n) is 8.57. The third-order valence-electron chi connectivity index (χ3n) is 5.59. The molecule has 0 saturated heterocycles. The number of rotatable bonds is 2. The van der Waals surface area contributed by atoms with Crippen LogP contribution in [0.5, 0.6) is 0 Å². The van der Waals surface area contributed by atoms with Gasteiger partial charge in [0, 0.05) is 5.41 Å². The summed E-state index contributed by atoms with van der Waals surface area (Å²) in [5, 5.41) is 0. The lowest BCUT2D eigenvalue weighted by molar-refractivity contribution is 0.668. The van der Waals surface area contributed by atoms with Gasteiger partial charge in [0.05, 0.1) is 0 Å². The van der Waals surface area contributed by atoms with Crippen molar-refractivity contribution >= 4 is 11.1 Å². The van der Waals surface area contributed by atoms with Gasteiger partial charge in [0.2, 0.25) is 0 Å². The molecule has 0 bridgehead atoms. The Morgan fingerprint density at radius 1 is 0.652 bits per heavy atom. The van der Waals surface area contributed by atoms with Gasteiger partial charge in [-0.3, -0.25) is 0 Å². The van der Waals surface area contributed by atoms with Crippen LogP contribution >= 0.6 is 0 Å². The Balaban J connectivity index is 1.90. The second kappa shape index (κ2) is 4.96. The molecule has 2 aromatic rings. The maximum Gasteiger partial charge on any atom is 0.0157 e. The summed E-state index contributed by atoms with van der Waals surface area (Å²) >= 11 is 0. The summed E-state index contributed by atoms with van der Waals surface area (Å²) in [4.78, 5) is 0. The lowest BCUT2D eigenvalue weighted by Gasteiger charge is -2.32. The van der Waals surface area contributed by atoms with Gasteiger partial charge in [-0.15, -0.1) is 0 Å². The quantitative estimate of drug-likeness (QED) is 0.631. The maximum atomic E-state index is 2.41. The van der Waals surface area contributed by atoms with Crippen molar-refractivity contribution in [1.29, 1.82) is 0 Å². The molecule has 0 heterocycles. The molecule has 2 aliphatic carbocycles. The third kappa shape index (κ3) is 2.05. The molecule has 0 amide bonds. The molecule has 0 nitrogen and oxygen atoms in total. The first kappa shape index (κ1) is 14.5. The SMILES string of the molecule is CC1=C(C(C)(C)C2=C(C)Cc3ccccc32)c2ccccc2C1. The summed E-state index contributed by atoms with van der Waals surface area (Å²) in [6, 6.07) is 17.9. The summed E-state index contributed by atoms with van der Waals surface area (Å²) < 4.78 is 0. The lowest BCUT2D eigenvalue weighted by atomic mass is 9.71. The van der Waals surface area contributed by atoms with Gasteiger partial charge in [0.25, 0.3) is 0 Å². The molecule has 0 atom stereocenters. The highest BCUT2D eigenvalue weighted by Crippen LogP contribution is 2.54. The number of hydrogen-bond donors (Lipinski definition) is 0. The summed E-state index contributed by atoms with van der Waals surface area (Å²) in [5.74, 6) is 0. The molecule has 0 radical (unpaired) electrons. The van der Waals surface area contributed by atoms with Crippen molar-refractivity contribution in [3.8, 4) is 0 Å². The topological polar surface area (TPSA) is 0 Å². The predicted molar refractivity (Wildman–Crippen MR) is 99.3 cm³/mol. The van der Waals surface area contributed by atoms with E-state index in [-0.39, 0.29) is 5.41 Å². The average molecular weight is 300 g/mol. The Labute approximate surface area is 139 Å². The zero-order valence-electron chi connectivity index (χ0n) is 14.5. The van der Waals surface area contributed by atoms with Gasteiger partial charge >= 0.3 is 0 Å². The van der Waals surface area contributed by atoms with E-state index in [0.717, 1.165) is 12.8 Å². The molecule has 0 aliphatic heterocycles. The van der Waals surface area contributed by atoms with E-state index in [1.807, 2.05) is 0 Å². The molecule has 2 aliphatic rings. The monoisotopic (exact) mass is 300 g/mol. The Morgan fingerprint density at radius 2 is 1.04 bits per heavy atom. The third-order valence-corrected chi connectivity index (χ3v) is 5.59. The Kier molecular flexibility index (Phi) is 3.13.